The third kappa shape index (κ3) is 4.91. The second kappa shape index (κ2) is 7.53. The SMILES string of the molecule is Cc1cccc(CC(=O)N(CCC(N)=NO)C(C)C)c1. The monoisotopic (exact) mass is 277 g/mol. The number of carbonyl (C=O) groups excluding carboxylic acids is 1. The van der Waals surface area contributed by atoms with Gasteiger partial charge in [0.2, 0.25) is 5.91 Å². The Hall–Kier alpha value is -2.04. The van der Waals surface area contributed by atoms with E-state index in [4.69, 9.17) is 10.9 Å². The lowest BCUT2D eigenvalue weighted by Crippen LogP contribution is -2.40. The molecule has 5 nitrogen and oxygen atoms in total. The fourth-order valence-electron chi connectivity index (χ4n) is 2.05. The smallest absolute Gasteiger partial charge is 0.227 e. The van der Waals surface area contributed by atoms with Gasteiger partial charge in [-0.3, -0.25) is 4.79 Å². The summed E-state index contributed by atoms with van der Waals surface area (Å²) in [7, 11) is 0. The molecule has 20 heavy (non-hydrogen) atoms. The van der Waals surface area contributed by atoms with Crippen LogP contribution in [0.4, 0.5) is 0 Å². The highest BCUT2D eigenvalue weighted by Gasteiger charge is 2.17. The average Bonchev–Trinajstić information content (AvgIpc) is 2.38. The van der Waals surface area contributed by atoms with Crippen LogP contribution in [0.2, 0.25) is 0 Å². The van der Waals surface area contributed by atoms with Gasteiger partial charge in [-0.05, 0) is 26.3 Å². The van der Waals surface area contributed by atoms with E-state index in [0.717, 1.165) is 11.1 Å². The van der Waals surface area contributed by atoms with E-state index >= 15 is 0 Å². The third-order valence-corrected chi connectivity index (χ3v) is 3.12. The van der Waals surface area contributed by atoms with Crippen molar-refractivity contribution < 1.29 is 10.0 Å². The first kappa shape index (κ1) is 16.0. The number of amidine groups is 1. The number of carbonyl (C=O) groups is 1. The Bertz CT molecular complexity index is 484. The maximum Gasteiger partial charge on any atom is 0.227 e. The molecule has 5 heteroatoms. The molecule has 0 radical (unpaired) electrons. The minimum atomic E-state index is 0.0522. The Morgan fingerprint density at radius 2 is 2.15 bits per heavy atom. The lowest BCUT2D eigenvalue weighted by Gasteiger charge is -2.26. The predicted molar refractivity (Wildman–Crippen MR) is 79.8 cm³/mol. The van der Waals surface area contributed by atoms with Crippen LogP contribution in [0.25, 0.3) is 0 Å². The van der Waals surface area contributed by atoms with Gasteiger partial charge in [0.05, 0.1) is 6.42 Å². The predicted octanol–water partition coefficient (Wildman–Crippen LogP) is 1.91. The standard InChI is InChI=1S/C15H23N3O2/c1-11(2)18(8-7-14(16)17-20)15(19)10-13-6-4-5-12(3)9-13/h4-6,9,11,20H,7-8,10H2,1-3H3,(H2,16,17). The molecule has 0 heterocycles. The molecule has 110 valence electrons. The molecule has 0 aliphatic carbocycles. The molecule has 3 N–H and O–H groups in total. The summed E-state index contributed by atoms with van der Waals surface area (Å²) in [5.41, 5.74) is 7.60. The number of hydrogen-bond donors (Lipinski definition) is 2. The normalized spacial score (nSPS) is 11.7. The molecule has 0 fully saturated rings. The number of rotatable bonds is 6. The van der Waals surface area contributed by atoms with Crippen LogP contribution in [0, 0.1) is 6.92 Å². The molecule has 0 saturated carbocycles. The Morgan fingerprint density at radius 1 is 1.45 bits per heavy atom. The summed E-state index contributed by atoms with van der Waals surface area (Å²) in [6.07, 6.45) is 0.740. The molecule has 0 spiro atoms. The number of nitrogens with two attached hydrogens (primary N) is 1. The van der Waals surface area contributed by atoms with Crippen LogP contribution in [0.5, 0.6) is 0 Å². The first-order valence-electron chi connectivity index (χ1n) is 6.75. The summed E-state index contributed by atoms with van der Waals surface area (Å²) in [5.74, 6) is 0.190. The summed E-state index contributed by atoms with van der Waals surface area (Å²) in [4.78, 5) is 14.1. The van der Waals surface area contributed by atoms with Gasteiger partial charge in [0.15, 0.2) is 0 Å². The van der Waals surface area contributed by atoms with E-state index < -0.39 is 0 Å². The maximum atomic E-state index is 12.3. The van der Waals surface area contributed by atoms with E-state index in [1.165, 1.54) is 0 Å². The van der Waals surface area contributed by atoms with Gasteiger partial charge in [-0.15, -0.1) is 0 Å². The topological polar surface area (TPSA) is 78.9 Å². The van der Waals surface area contributed by atoms with E-state index in [0.29, 0.717) is 19.4 Å². The molecule has 0 saturated heterocycles. The van der Waals surface area contributed by atoms with E-state index in [-0.39, 0.29) is 17.8 Å². The number of aryl methyl sites for hydroxylation is 1. The van der Waals surface area contributed by atoms with Crippen LogP contribution in [-0.4, -0.2) is 34.4 Å². The highest BCUT2D eigenvalue weighted by Crippen LogP contribution is 2.09. The van der Waals surface area contributed by atoms with Crippen molar-refractivity contribution in [1.82, 2.24) is 4.90 Å². The van der Waals surface area contributed by atoms with Crippen molar-refractivity contribution in [2.75, 3.05) is 6.54 Å². The molecule has 0 aliphatic rings. The lowest BCUT2D eigenvalue weighted by molar-refractivity contribution is -0.132. The minimum Gasteiger partial charge on any atom is -0.409 e. The van der Waals surface area contributed by atoms with Gasteiger partial charge in [0, 0.05) is 19.0 Å². The maximum absolute atomic E-state index is 12.3. The second-order valence-electron chi connectivity index (χ2n) is 5.19. The van der Waals surface area contributed by atoms with Gasteiger partial charge >= 0.3 is 0 Å². The van der Waals surface area contributed by atoms with Gasteiger partial charge in [-0.2, -0.15) is 0 Å². The fraction of sp³-hybridized carbons (Fsp3) is 0.467. The van der Waals surface area contributed by atoms with Gasteiger partial charge in [-0.1, -0.05) is 35.0 Å². The van der Waals surface area contributed by atoms with Crippen molar-refractivity contribution in [2.45, 2.75) is 39.7 Å². The molecule has 0 atom stereocenters. The lowest BCUT2D eigenvalue weighted by atomic mass is 10.1. The zero-order chi connectivity index (χ0) is 15.1. The van der Waals surface area contributed by atoms with Crippen LogP contribution in [-0.2, 0) is 11.2 Å². The molecular formula is C15H23N3O2. The average molecular weight is 277 g/mol. The van der Waals surface area contributed by atoms with Crippen LogP contribution in [0.1, 0.15) is 31.4 Å². The molecule has 1 aromatic carbocycles. The highest BCUT2D eigenvalue weighted by atomic mass is 16.4. The van der Waals surface area contributed by atoms with E-state index in [1.807, 2.05) is 45.0 Å². The van der Waals surface area contributed by atoms with Crippen molar-refractivity contribution in [1.29, 1.82) is 0 Å². The number of oxime groups is 1. The van der Waals surface area contributed by atoms with Gasteiger partial charge in [0.1, 0.15) is 5.84 Å². The fourth-order valence-corrected chi connectivity index (χ4v) is 2.05. The first-order chi connectivity index (χ1) is 9.43. The van der Waals surface area contributed by atoms with Crippen LogP contribution in [0.3, 0.4) is 0 Å². The summed E-state index contributed by atoms with van der Waals surface area (Å²) in [6, 6.07) is 8.01. The van der Waals surface area contributed by atoms with Crippen molar-refractivity contribution in [3.8, 4) is 0 Å². The van der Waals surface area contributed by atoms with Crippen molar-refractivity contribution in [2.24, 2.45) is 10.9 Å². The van der Waals surface area contributed by atoms with Gasteiger partial charge in [0.25, 0.3) is 0 Å². The summed E-state index contributed by atoms with van der Waals surface area (Å²) in [6.45, 7) is 6.38. The Balaban J connectivity index is 2.69. The largest absolute Gasteiger partial charge is 0.409 e. The Labute approximate surface area is 120 Å². The highest BCUT2D eigenvalue weighted by molar-refractivity contribution is 5.82. The zero-order valence-corrected chi connectivity index (χ0v) is 12.3. The molecule has 0 aromatic heterocycles. The van der Waals surface area contributed by atoms with E-state index in [9.17, 15) is 4.79 Å². The first-order valence-corrected chi connectivity index (χ1v) is 6.75. The van der Waals surface area contributed by atoms with E-state index in [1.54, 1.807) is 4.90 Å². The second-order valence-corrected chi connectivity index (χ2v) is 5.19. The molecule has 1 aromatic rings. The van der Waals surface area contributed by atoms with Crippen LogP contribution >= 0.6 is 0 Å². The van der Waals surface area contributed by atoms with Gasteiger partial charge < -0.3 is 15.8 Å². The number of hydrogen-bond acceptors (Lipinski definition) is 3. The summed E-state index contributed by atoms with van der Waals surface area (Å²) >= 11 is 0. The van der Waals surface area contributed by atoms with Crippen molar-refractivity contribution >= 4 is 11.7 Å². The molecular weight excluding hydrogens is 254 g/mol. The molecule has 0 unspecified atom stereocenters. The summed E-state index contributed by atoms with van der Waals surface area (Å²) < 4.78 is 0. The zero-order valence-electron chi connectivity index (χ0n) is 12.3. The third-order valence-electron chi connectivity index (χ3n) is 3.12. The van der Waals surface area contributed by atoms with Crippen molar-refractivity contribution in [3.63, 3.8) is 0 Å². The van der Waals surface area contributed by atoms with Crippen LogP contribution in [0.15, 0.2) is 29.4 Å². The number of benzene rings is 1. The number of amides is 1. The van der Waals surface area contributed by atoms with E-state index in [2.05, 4.69) is 5.16 Å². The Kier molecular flexibility index (Phi) is 6.03. The van der Waals surface area contributed by atoms with Crippen LogP contribution < -0.4 is 5.73 Å². The minimum absolute atomic E-state index is 0.0522. The molecule has 1 rings (SSSR count). The van der Waals surface area contributed by atoms with Crippen molar-refractivity contribution in [3.05, 3.63) is 35.4 Å². The quantitative estimate of drug-likeness (QED) is 0.361. The summed E-state index contributed by atoms with van der Waals surface area (Å²) in [5, 5.41) is 11.5. The number of nitrogens with zero attached hydrogens (tertiary/aromatic N) is 2. The Morgan fingerprint density at radius 3 is 2.70 bits per heavy atom. The molecule has 0 bridgehead atoms. The van der Waals surface area contributed by atoms with Gasteiger partial charge in [-0.25, -0.2) is 0 Å². The molecule has 0 aliphatic heterocycles. The molecule has 1 amide bonds.